The smallest absolute Gasteiger partial charge is 0.119 e. The van der Waals surface area contributed by atoms with Crippen molar-refractivity contribution in [3.05, 3.63) is 29.8 Å². The third-order valence-electron chi connectivity index (χ3n) is 3.17. The number of rotatable bonds is 4. The fraction of sp³-hybridized carbons (Fsp3) is 0.538. The first-order valence-electron chi connectivity index (χ1n) is 5.91. The van der Waals surface area contributed by atoms with Gasteiger partial charge in [-0.2, -0.15) is 0 Å². The molecule has 1 heterocycles. The highest BCUT2D eigenvalue weighted by Crippen LogP contribution is 2.15. The minimum atomic E-state index is 0.135. The summed E-state index contributed by atoms with van der Waals surface area (Å²) in [6, 6.07) is 8.23. The minimum Gasteiger partial charge on any atom is -0.492 e. The molecular weight excluding hydrogens is 200 g/mol. The van der Waals surface area contributed by atoms with Crippen LogP contribution in [-0.4, -0.2) is 25.7 Å². The summed E-state index contributed by atoms with van der Waals surface area (Å²) in [4.78, 5) is 0. The molecule has 2 rings (SSSR count). The third kappa shape index (κ3) is 2.97. The first-order valence-corrected chi connectivity index (χ1v) is 5.91. The molecule has 1 aromatic rings. The van der Waals surface area contributed by atoms with Crippen LogP contribution in [0.4, 0.5) is 0 Å². The Morgan fingerprint density at radius 3 is 2.81 bits per heavy atom. The highest BCUT2D eigenvalue weighted by atomic mass is 16.5. The molecule has 88 valence electrons. The fourth-order valence-electron chi connectivity index (χ4n) is 2.01. The number of aryl methyl sites for hydroxylation is 1. The Bertz CT molecular complexity index is 317. The van der Waals surface area contributed by atoms with Crippen LogP contribution in [0.15, 0.2) is 24.3 Å². The van der Waals surface area contributed by atoms with Gasteiger partial charge in [0.05, 0.1) is 0 Å². The molecule has 1 saturated heterocycles. The molecule has 0 spiro atoms. The molecule has 1 aliphatic rings. The topological polar surface area (TPSA) is 47.3 Å². The molecule has 0 saturated carbocycles. The van der Waals surface area contributed by atoms with Crippen molar-refractivity contribution < 1.29 is 4.74 Å². The van der Waals surface area contributed by atoms with Gasteiger partial charge in [-0.1, -0.05) is 17.7 Å². The Morgan fingerprint density at radius 1 is 1.44 bits per heavy atom. The molecule has 0 bridgehead atoms. The second kappa shape index (κ2) is 5.32. The maximum Gasteiger partial charge on any atom is 0.119 e. The van der Waals surface area contributed by atoms with Crippen LogP contribution in [0, 0.1) is 12.8 Å². The number of nitrogens with two attached hydrogens (primary N) is 1. The van der Waals surface area contributed by atoms with Gasteiger partial charge in [0.25, 0.3) is 0 Å². The lowest BCUT2D eigenvalue weighted by Gasteiger charge is -2.18. The molecule has 0 amide bonds. The summed E-state index contributed by atoms with van der Waals surface area (Å²) in [5.41, 5.74) is 7.34. The molecular formula is C13H20N2O. The van der Waals surface area contributed by atoms with Gasteiger partial charge >= 0.3 is 0 Å². The fourth-order valence-corrected chi connectivity index (χ4v) is 2.01. The van der Waals surface area contributed by atoms with E-state index >= 15 is 0 Å². The van der Waals surface area contributed by atoms with E-state index in [1.807, 2.05) is 12.1 Å². The first-order chi connectivity index (χ1) is 7.75. The lowest BCUT2D eigenvalue weighted by molar-refractivity contribution is 0.252. The Labute approximate surface area is 97.0 Å². The molecule has 1 aliphatic heterocycles. The Kier molecular flexibility index (Phi) is 3.80. The predicted octanol–water partition coefficient (Wildman–Crippen LogP) is 1.31. The second-order valence-electron chi connectivity index (χ2n) is 4.54. The van der Waals surface area contributed by atoms with E-state index in [0.717, 1.165) is 18.8 Å². The van der Waals surface area contributed by atoms with Gasteiger partial charge in [0.1, 0.15) is 12.4 Å². The van der Waals surface area contributed by atoms with E-state index in [4.69, 9.17) is 10.5 Å². The number of hydrogen-bond donors (Lipinski definition) is 2. The van der Waals surface area contributed by atoms with E-state index < -0.39 is 0 Å². The summed E-state index contributed by atoms with van der Waals surface area (Å²) in [7, 11) is 0. The molecule has 0 aliphatic carbocycles. The standard InChI is InChI=1S/C13H20N2O/c1-10-2-4-12(5-3-10)16-9-13(14)11-6-7-15-8-11/h2-5,11,13,15H,6-9,14H2,1H3. The van der Waals surface area contributed by atoms with Crippen LogP contribution in [0.5, 0.6) is 5.75 Å². The number of benzene rings is 1. The normalized spacial score (nSPS) is 22.0. The number of nitrogens with one attached hydrogen (secondary N) is 1. The van der Waals surface area contributed by atoms with Crippen molar-refractivity contribution in [2.75, 3.05) is 19.7 Å². The molecule has 2 unspecified atom stereocenters. The van der Waals surface area contributed by atoms with E-state index in [-0.39, 0.29) is 6.04 Å². The summed E-state index contributed by atoms with van der Waals surface area (Å²) in [5, 5.41) is 3.32. The minimum absolute atomic E-state index is 0.135. The number of hydrogen-bond acceptors (Lipinski definition) is 3. The van der Waals surface area contributed by atoms with Crippen LogP contribution in [0.2, 0.25) is 0 Å². The molecule has 3 N–H and O–H groups in total. The second-order valence-corrected chi connectivity index (χ2v) is 4.54. The van der Waals surface area contributed by atoms with Crippen molar-refractivity contribution in [3.8, 4) is 5.75 Å². The predicted molar refractivity (Wildman–Crippen MR) is 65.6 cm³/mol. The van der Waals surface area contributed by atoms with E-state index in [1.54, 1.807) is 0 Å². The van der Waals surface area contributed by atoms with Crippen LogP contribution < -0.4 is 15.8 Å². The zero-order valence-corrected chi connectivity index (χ0v) is 9.78. The molecule has 3 heteroatoms. The van der Waals surface area contributed by atoms with Gasteiger partial charge in [0, 0.05) is 6.04 Å². The summed E-state index contributed by atoms with van der Waals surface area (Å²) in [6.45, 7) is 4.79. The van der Waals surface area contributed by atoms with Gasteiger partial charge in [-0.15, -0.1) is 0 Å². The molecule has 16 heavy (non-hydrogen) atoms. The van der Waals surface area contributed by atoms with Crippen molar-refractivity contribution in [1.29, 1.82) is 0 Å². The van der Waals surface area contributed by atoms with Gasteiger partial charge in [-0.25, -0.2) is 0 Å². The summed E-state index contributed by atoms with van der Waals surface area (Å²) >= 11 is 0. The largest absolute Gasteiger partial charge is 0.492 e. The molecule has 1 fully saturated rings. The Hall–Kier alpha value is -1.06. The van der Waals surface area contributed by atoms with Crippen LogP contribution in [0.25, 0.3) is 0 Å². The number of ether oxygens (including phenoxy) is 1. The maximum absolute atomic E-state index is 6.09. The van der Waals surface area contributed by atoms with Gasteiger partial charge in [0.2, 0.25) is 0 Å². The highest BCUT2D eigenvalue weighted by molar-refractivity contribution is 5.26. The monoisotopic (exact) mass is 220 g/mol. The lowest BCUT2D eigenvalue weighted by atomic mass is 10.0. The zero-order chi connectivity index (χ0) is 11.4. The molecule has 2 atom stereocenters. The molecule has 0 radical (unpaired) electrons. The van der Waals surface area contributed by atoms with Gasteiger partial charge in [-0.3, -0.25) is 0 Å². The van der Waals surface area contributed by atoms with Crippen molar-refractivity contribution in [2.24, 2.45) is 11.7 Å². The Balaban J connectivity index is 1.80. The Morgan fingerprint density at radius 2 is 2.19 bits per heavy atom. The van der Waals surface area contributed by atoms with Gasteiger partial charge in [-0.05, 0) is 44.5 Å². The summed E-state index contributed by atoms with van der Waals surface area (Å²) < 4.78 is 5.68. The average molecular weight is 220 g/mol. The lowest BCUT2D eigenvalue weighted by Crippen LogP contribution is -2.37. The molecule has 3 nitrogen and oxygen atoms in total. The quantitative estimate of drug-likeness (QED) is 0.804. The first kappa shape index (κ1) is 11.4. The van der Waals surface area contributed by atoms with E-state index in [9.17, 15) is 0 Å². The van der Waals surface area contributed by atoms with Crippen molar-refractivity contribution in [2.45, 2.75) is 19.4 Å². The maximum atomic E-state index is 6.09. The SMILES string of the molecule is Cc1ccc(OCC(N)C2CCNC2)cc1. The van der Waals surface area contributed by atoms with E-state index in [0.29, 0.717) is 12.5 Å². The van der Waals surface area contributed by atoms with Crippen LogP contribution in [0.3, 0.4) is 0 Å². The van der Waals surface area contributed by atoms with E-state index in [2.05, 4.69) is 24.4 Å². The van der Waals surface area contributed by atoms with Crippen LogP contribution in [0.1, 0.15) is 12.0 Å². The van der Waals surface area contributed by atoms with Crippen LogP contribution >= 0.6 is 0 Å². The van der Waals surface area contributed by atoms with Crippen molar-refractivity contribution in [1.82, 2.24) is 5.32 Å². The summed E-state index contributed by atoms with van der Waals surface area (Å²) in [6.07, 6.45) is 1.17. The average Bonchev–Trinajstić information content (AvgIpc) is 2.81. The van der Waals surface area contributed by atoms with Crippen molar-refractivity contribution >= 4 is 0 Å². The zero-order valence-electron chi connectivity index (χ0n) is 9.78. The molecule has 0 aromatic heterocycles. The third-order valence-corrected chi connectivity index (χ3v) is 3.17. The van der Waals surface area contributed by atoms with E-state index in [1.165, 1.54) is 12.0 Å². The van der Waals surface area contributed by atoms with Gasteiger partial charge in [0.15, 0.2) is 0 Å². The van der Waals surface area contributed by atoms with Crippen molar-refractivity contribution in [3.63, 3.8) is 0 Å². The molecule has 1 aromatic carbocycles. The summed E-state index contributed by atoms with van der Waals surface area (Å²) in [5.74, 6) is 1.47. The van der Waals surface area contributed by atoms with Gasteiger partial charge < -0.3 is 15.8 Å². The van der Waals surface area contributed by atoms with Crippen LogP contribution in [-0.2, 0) is 0 Å². The highest BCUT2D eigenvalue weighted by Gasteiger charge is 2.21.